The van der Waals surface area contributed by atoms with Crippen LogP contribution in [0.4, 0.5) is 5.82 Å². The lowest BCUT2D eigenvalue weighted by Crippen LogP contribution is -2.21. The van der Waals surface area contributed by atoms with Crippen molar-refractivity contribution in [3.05, 3.63) is 72.3 Å². The molecule has 0 saturated carbocycles. The van der Waals surface area contributed by atoms with Crippen LogP contribution in [-0.2, 0) is 0 Å². The highest BCUT2D eigenvalue weighted by Crippen LogP contribution is 2.31. The van der Waals surface area contributed by atoms with Crippen LogP contribution in [0.15, 0.2) is 60.9 Å². The Kier molecular flexibility index (Phi) is 4.77. The third-order valence-electron chi connectivity index (χ3n) is 5.25. The molecule has 152 valence electrons. The molecule has 0 radical (unpaired) electrons. The van der Waals surface area contributed by atoms with Crippen molar-refractivity contribution in [2.45, 2.75) is 6.42 Å². The van der Waals surface area contributed by atoms with Gasteiger partial charge in [-0.3, -0.25) is 4.79 Å². The van der Waals surface area contributed by atoms with Crippen LogP contribution in [0.25, 0.3) is 11.0 Å². The molecule has 0 bridgehead atoms. The second-order valence-electron chi connectivity index (χ2n) is 7.30. The van der Waals surface area contributed by atoms with Crippen molar-refractivity contribution in [1.29, 1.82) is 5.26 Å². The summed E-state index contributed by atoms with van der Waals surface area (Å²) in [6.45, 7) is 1.34. The highest BCUT2D eigenvalue weighted by molar-refractivity contribution is 6.08. The van der Waals surface area contributed by atoms with Crippen LogP contribution >= 0.6 is 0 Å². The van der Waals surface area contributed by atoms with Crippen LogP contribution < -0.4 is 9.64 Å². The zero-order chi connectivity index (χ0) is 21.2. The quantitative estimate of drug-likeness (QED) is 0.500. The first-order valence-corrected chi connectivity index (χ1v) is 9.94. The predicted molar refractivity (Wildman–Crippen MR) is 114 cm³/mol. The standard InChI is InChI=1S/C23H18N6O2/c24-13-15-9-12-29(14-15)22-23(26-11-10-25-22)31-17-7-5-16(6-8-17)20(30)21-27-18-3-1-2-4-19(18)28-21/h1-8,10-11,15H,9,12,14H2,(H,27,28)/t15-/m1/s1. The summed E-state index contributed by atoms with van der Waals surface area (Å²) in [6.07, 6.45) is 3.97. The zero-order valence-electron chi connectivity index (χ0n) is 16.5. The molecule has 2 aromatic carbocycles. The summed E-state index contributed by atoms with van der Waals surface area (Å²) >= 11 is 0. The number of hydrogen-bond acceptors (Lipinski definition) is 7. The molecule has 5 rings (SSSR count). The number of nitriles is 1. The summed E-state index contributed by atoms with van der Waals surface area (Å²) in [6, 6.07) is 16.6. The number of imidazole rings is 1. The van der Waals surface area contributed by atoms with Crippen molar-refractivity contribution >= 4 is 22.6 Å². The molecule has 8 heteroatoms. The average Bonchev–Trinajstić information content (AvgIpc) is 3.46. The van der Waals surface area contributed by atoms with Gasteiger partial charge in [-0.15, -0.1) is 0 Å². The van der Waals surface area contributed by atoms with Gasteiger partial charge in [0.25, 0.3) is 5.88 Å². The maximum atomic E-state index is 12.8. The van der Waals surface area contributed by atoms with Crippen LogP contribution in [0.5, 0.6) is 11.6 Å². The van der Waals surface area contributed by atoms with Gasteiger partial charge < -0.3 is 14.6 Å². The molecule has 31 heavy (non-hydrogen) atoms. The van der Waals surface area contributed by atoms with Gasteiger partial charge in [-0.05, 0) is 42.8 Å². The Bertz CT molecular complexity index is 1260. The van der Waals surface area contributed by atoms with Gasteiger partial charge in [0.15, 0.2) is 11.6 Å². The first-order valence-electron chi connectivity index (χ1n) is 9.94. The fraction of sp³-hybridized carbons (Fsp3) is 0.174. The van der Waals surface area contributed by atoms with Gasteiger partial charge in [-0.1, -0.05) is 12.1 Å². The summed E-state index contributed by atoms with van der Waals surface area (Å²) in [5.74, 6) is 1.62. The maximum absolute atomic E-state index is 12.8. The third-order valence-corrected chi connectivity index (χ3v) is 5.25. The minimum atomic E-state index is -0.192. The summed E-state index contributed by atoms with van der Waals surface area (Å²) in [5, 5.41) is 9.15. The maximum Gasteiger partial charge on any atom is 0.263 e. The van der Waals surface area contributed by atoms with Gasteiger partial charge in [0.2, 0.25) is 5.78 Å². The summed E-state index contributed by atoms with van der Waals surface area (Å²) in [5.41, 5.74) is 2.07. The minimum Gasteiger partial charge on any atom is -0.436 e. The van der Waals surface area contributed by atoms with E-state index in [1.165, 1.54) is 0 Å². The first-order chi connectivity index (χ1) is 15.2. The van der Waals surface area contributed by atoms with E-state index in [-0.39, 0.29) is 11.7 Å². The van der Waals surface area contributed by atoms with Crippen LogP contribution in [0.2, 0.25) is 0 Å². The zero-order valence-corrected chi connectivity index (χ0v) is 16.5. The van der Waals surface area contributed by atoms with E-state index in [0.29, 0.717) is 35.4 Å². The van der Waals surface area contributed by atoms with E-state index in [2.05, 4.69) is 26.0 Å². The van der Waals surface area contributed by atoms with E-state index in [4.69, 9.17) is 10.00 Å². The fourth-order valence-electron chi connectivity index (χ4n) is 3.65. The monoisotopic (exact) mass is 410 g/mol. The third kappa shape index (κ3) is 3.69. The number of H-pyrrole nitrogens is 1. The molecule has 0 aliphatic carbocycles. The summed E-state index contributed by atoms with van der Waals surface area (Å²) < 4.78 is 5.95. The molecule has 1 aliphatic rings. The largest absolute Gasteiger partial charge is 0.436 e. The smallest absolute Gasteiger partial charge is 0.263 e. The van der Waals surface area contributed by atoms with Gasteiger partial charge in [-0.2, -0.15) is 5.26 Å². The lowest BCUT2D eigenvalue weighted by Gasteiger charge is -2.18. The van der Waals surface area contributed by atoms with Gasteiger partial charge in [0.1, 0.15) is 5.75 Å². The number of carbonyl (C=O) groups is 1. The SMILES string of the molecule is N#C[C@H]1CCN(c2nccnc2Oc2ccc(C(=O)c3nc4ccccc4[nH]3)cc2)C1. The second-order valence-corrected chi connectivity index (χ2v) is 7.30. The number of aromatic amines is 1. The Morgan fingerprint density at radius 1 is 1.13 bits per heavy atom. The van der Waals surface area contributed by atoms with E-state index in [9.17, 15) is 4.79 Å². The number of rotatable bonds is 5. The molecule has 1 fully saturated rings. The van der Waals surface area contributed by atoms with Crippen LogP contribution in [0.1, 0.15) is 22.6 Å². The Morgan fingerprint density at radius 3 is 2.71 bits per heavy atom. The number of ether oxygens (including phenoxy) is 1. The van der Waals surface area contributed by atoms with Crippen molar-refractivity contribution < 1.29 is 9.53 Å². The lowest BCUT2D eigenvalue weighted by molar-refractivity contribution is 0.103. The number of para-hydroxylation sites is 2. The number of aromatic nitrogens is 4. The molecule has 0 spiro atoms. The Labute approximate surface area is 178 Å². The van der Waals surface area contributed by atoms with Crippen molar-refractivity contribution in [3.63, 3.8) is 0 Å². The number of fused-ring (bicyclic) bond motifs is 1. The van der Waals surface area contributed by atoms with Crippen molar-refractivity contribution in [1.82, 2.24) is 19.9 Å². The molecule has 0 amide bonds. The Balaban J connectivity index is 1.34. The fourth-order valence-corrected chi connectivity index (χ4v) is 3.65. The summed E-state index contributed by atoms with van der Waals surface area (Å²) in [4.78, 5) is 30.9. The number of nitrogens with zero attached hydrogens (tertiary/aromatic N) is 5. The molecule has 0 unspecified atom stereocenters. The number of carbonyl (C=O) groups excluding carboxylic acids is 1. The van der Waals surface area contributed by atoms with Gasteiger partial charge in [-0.25, -0.2) is 15.0 Å². The molecule has 3 heterocycles. The van der Waals surface area contributed by atoms with E-state index in [1.807, 2.05) is 29.2 Å². The molecule has 1 N–H and O–H groups in total. The predicted octanol–water partition coefficient (Wildman–Crippen LogP) is 3.73. The molecular weight excluding hydrogens is 392 g/mol. The molecule has 1 aliphatic heterocycles. The Hall–Kier alpha value is -4.25. The highest BCUT2D eigenvalue weighted by atomic mass is 16.5. The van der Waals surface area contributed by atoms with E-state index < -0.39 is 0 Å². The van der Waals surface area contributed by atoms with Crippen LogP contribution in [0, 0.1) is 17.2 Å². The molecule has 1 saturated heterocycles. The first kappa shape index (κ1) is 18.8. The number of ketones is 1. The molecule has 8 nitrogen and oxygen atoms in total. The van der Waals surface area contributed by atoms with Gasteiger partial charge in [0, 0.05) is 31.0 Å². The Morgan fingerprint density at radius 2 is 1.94 bits per heavy atom. The molecule has 2 aromatic heterocycles. The van der Waals surface area contributed by atoms with Gasteiger partial charge >= 0.3 is 0 Å². The molecule has 4 aromatic rings. The molecular formula is C23H18N6O2. The lowest BCUT2D eigenvalue weighted by atomic mass is 10.1. The van der Waals surface area contributed by atoms with Crippen molar-refractivity contribution in [3.8, 4) is 17.7 Å². The van der Waals surface area contributed by atoms with E-state index >= 15 is 0 Å². The average molecular weight is 410 g/mol. The highest BCUT2D eigenvalue weighted by Gasteiger charge is 2.26. The number of anilines is 1. The van der Waals surface area contributed by atoms with E-state index in [0.717, 1.165) is 24.0 Å². The topological polar surface area (TPSA) is 108 Å². The van der Waals surface area contributed by atoms with Gasteiger partial charge in [0.05, 0.1) is 23.0 Å². The van der Waals surface area contributed by atoms with E-state index in [1.54, 1.807) is 36.7 Å². The number of benzene rings is 2. The van der Waals surface area contributed by atoms with Crippen molar-refractivity contribution in [2.24, 2.45) is 5.92 Å². The van der Waals surface area contributed by atoms with Crippen molar-refractivity contribution in [2.75, 3.05) is 18.0 Å². The summed E-state index contributed by atoms with van der Waals surface area (Å²) in [7, 11) is 0. The number of nitrogens with one attached hydrogen (secondary N) is 1. The normalized spacial score (nSPS) is 15.7. The van der Waals surface area contributed by atoms with Crippen LogP contribution in [0.3, 0.4) is 0 Å². The number of hydrogen-bond donors (Lipinski definition) is 1. The van der Waals surface area contributed by atoms with Crippen LogP contribution in [-0.4, -0.2) is 38.8 Å². The second kappa shape index (κ2) is 7.88. The minimum absolute atomic E-state index is 0.0154. The molecule has 1 atom stereocenters.